The summed E-state index contributed by atoms with van der Waals surface area (Å²) in [6.45, 7) is 14.3. The lowest BCUT2D eigenvalue weighted by atomic mass is 10.1. The Bertz CT molecular complexity index is 553. The van der Waals surface area contributed by atoms with Gasteiger partial charge in [-0.3, -0.25) is 4.99 Å². The topological polar surface area (TPSA) is 52.1 Å². The molecule has 1 aliphatic heterocycles. The maximum Gasteiger partial charge on any atom is 0.191 e. The fraction of sp³-hybridized carbons (Fsp3) is 0.682. The highest BCUT2D eigenvalue weighted by atomic mass is 16.5. The average molecular weight is 390 g/mol. The fourth-order valence-corrected chi connectivity index (χ4v) is 3.43. The quantitative estimate of drug-likeness (QED) is 0.345. The van der Waals surface area contributed by atoms with Crippen LogP contribution in [0.15, 0.2) is 29.3 Å². The Morgan fingerprint density at radius 2 is 1.71 bits per heavy atom. The lowest BCUT2D eigenvalue weighted by Gasteiger charge is -2.33. The Morgan fingerprint density at radius 3 is 2.36 bits per heavy atom. The number of unbranched alkanes of at least 4 members (excludes halogenated alkanes) is 1. The molecule has 28 heavy (non-hydrogen) atoms. The minimum atomic E-state index is 0.875. The van der Waals surface area contributed by atoms with E-state index >= 15 is 0 Å². The Kier molecular flexibility index (Phi) is 10.8. The number of hydrogen-bond acceptors (Lipinski definition) is 4. The lowest BCUT2D eigenvalue weighted by molar-refractivity contribution is 0.136. The normalized spacial score (nSPS) is 16.2. The molecular weight excluding hydrogens is 350 g/mol. The van der Waals surface area contributed by atoms with Crippen LogP contribution in [-0.2, 0) is 6.42 Å². The van der Waals surface area contributed by atoms with Crippen molar-refractivity contribution in [1.82, 2.24) is 20.4 Å². The van der Waals surface area contributed by atoms with Crippen molar-refractivity contribution in [3.63, 3.8) is 0 Å². The van der Waals surface area contributed by atoms with Crippen LogP contribution in [0.5, 0.6) is 5.75 Å². The van der Waals surface area contributed by atoms with Gasteiger partial charge in [-0.25, -0.2) is 0 Å². The first-order valence-corrected chi connectivity index (χ1v) is 10.8. The molecular formula is C22H39N5O. The van der Waals surface area contributed by atoms with Crippen molar-refractivity contribution in [3.05, 3.63) is 29.8 Å². The third-order valence-electron chi connectivity index (χ3n) is 5.27. The molecule has 1 saturated heterocycles. The first-order valence-electron chi connectivity index (χ1n) is 10.8. The summed E-state index contributed by atoms with van der Waals surface area (Å²) in [5, 5.41) is 6.78. The Morgan fingerprint density at radius 1 is 1.00 bits per heavy atom. The molecule has 6 nitrogen and oxygen atoms in total. The lowest BCUT2D eigenvalue weighted by Crippen LogP contribution is -2.46. The van der Waals surface area contributed by atoms with Crippen LogP contribution in [-0.4, -0.2) is 81.8 Å². The summed E-state index contributed by atoms with van der Waals surface area (Å²) in [7, 11) is 1.70. The van der Waals surface area contributed by atoms with Crippen molar-refractivity contribution < 1.29 is 4.74 Å². The van der Waals surface area contributed by atoms with Gasteiger partial charge >= 0.3 is 0 Å². The highest BCUT2D eigenvalue weighted by molar-refractivity contribution is 5.79. The molecule has 1 heterocycles. The summed E-state index contributed by atoms with van der Waals surface area (Å²) < 4.78 is 5.21. The van der Waals surface area contributed by atoms with Crippen LogP contribution < -0.4 is 15.4 Å². The third-order valence-corrected chi connectivity index (χ3v) is 5.27. The molecule has 0 atom stereocenters. The first kappa shape index (κ1) is 22.5. The molecule has 0 radical (unpaired) electrons. The van der Waals surface area contributed by atoms with E-state index in [2.05, 4.69) is 46.4 Å². The predicted molar refractivity (Wildman–Crippen MR) is 118 cm³/mol. The molecule has 0 amide bonds. The minimum absolute atomic E-state index is 0.875. The molecule has 1 fully saturated rings. The van der Waals surface area contributed by atoms with E-state index in [0.29, 0.717) is 0 Å². The fourth-order valence-electron chi connectivity index (χ4n) is 3.43. The first-order chi connectivity index (χ1) is 13.7. The molecule has 1 aromatic rings. The molecule has 0 saturated carbocycles. The van der Waals surface area contributed by atoms with Gasteiger partial charge in [0.15, 0.2) is 5.96 Å². The molecule has 0 bridgehead atoms. The van der Waals surface area contributed by atoms with Crippen molar-refractivity contribution in [2.75, 3.05) is 66.0 Å². The molecule has 0 aromatic heterocycles. The SMILES string of the molecule is CCNC(=NCCCCN1CCN(CC)CC1)NCCc1ccc(OC)cc1. The second kappa shape index (κ2) is 13.4. The second-order valence-electron chi connectivity index (χ2n) is 7.27. The van der Waals surface area contributed by atoms with Gasteiger partial charge < -0.3 is 25.2 Å². The highest BCUT2D eigenvalue weighted by Gasteiger charge is 2.14. The zero-order chi connectivity index (χ0) is 20.0. The molecule has 2 rings (SSSR count). The maximum absolute atomic E-state index is 5.21. The molecule has 0 aliphatic carbocycles. The smallest absolute Gasteiger partial charge is 0.191 e. The number of hydrogen-bond donors (Lipinski definition) is 2. The van der Waals surface area contributed by atoms with Gasteiger partial charge in [-0.2, -0.15) is 0 Å². The number of benzene rings is 1. The Hall–Kier alpha value is -1.79. The monoisotopic (exact) mass is 389 g/mol. The van der Waals surface area contributed by atoms with Crippen LogP contribution in [0, 0.1) is 0 Å². The van der Waals surface area contributed by atoms with E-state index in [4.69, 9.17) is 9.73 Å². The molecule has 1 aliphatic rings. The van der Waals surface area contributed by atoms with Crippen LogP contribution in [0.4, 0.5) is 0 Å². The van der Waals surface area contributed by atoms with Gasteiger partial charge in [0.25, 0.3) is 0 Å². The van der Waals surface area contributed by atoms with Crippen molar-refractivity contribution in [3.8, 4) is 5.75 Å². The second-order valence-corrected chi connectivity index (χ2v) is 7.27. The molecule has 0 spiro atoms. The van der Waals surface area contributed by atoms with Crippen LogP contribution in [0.2, 0.25) is 0 Å². The molecule has 0 unspecified atom stereocenters. The summed E-state index contributed by atoms with van der Waals surface area (Å²) in [5.41, 5.74) is 1.30. The minimum Gasteiger partial charge on any atom is -0.497 e. The van der Waals surface area contributed by atoms with E-state index < -0.39 is 0 Å². The van der Waals surface area contributed by atoms with Crippen LogP contribution in [0.3, 0.4) is 0 Å². The zero-order valence-electron chi connectivity index (χ0n) is 18.0. The number of likely N-dealkylation sites (N-methyl/N-ethyl adjacent to an activating group) is 1. The van der Waals surface area contributed by atoms with E-state index in [0.717, 1.165) is 44.2 Å². The van der Waals surface area contributed by atoms with Gasteiger partial charge in [0.1, 0.15) is 5.75 Å². The van der Waals surface area contributed by atoms with Gasteiger partial charge in [-0.15, -0.1) is 0 Å². The molecule has 6 heteroatoms. The highest BCUT2D eigenvalue weighted by Crippen LogP contribution is 2.11. The number of nitrogens with one attached hydrogen (secondary N) is 2. The number of rotatable bonds is 11. The van der Waals surface area contributed by atoms with Crippen LogP contribution >= 0.6 is 0 Å². The van der Waals surface area contributed by atoms with E-state index in [1.165, 1.54) is 51.3 Å². The predicted octanol–water partition coefficient (Wildman–Crippen LogP) is 2.21. The van der Waals surface area contributed by atoms with E-state index in [1.807, 2.05) is 12.1 Å². The summed E-state index contributed by atoms with van der Waals surface area (Å²) in [4.78, 5) is 9.85. The summed E-state index contributed by atoms with van der Waals surface area (Å²) in [6.07, 6.45) is 3.34. The third kappa shape index (κ3) is 8.48. The summed E-state index contributed by atoms with van der Waals surface area (Å²) in [5.74, 6) is 1.83. The average Bonchev–Trinajstić information content (AvgIpc) is 2.74. The molecule has 2 N–H and O–H groups in total. The number of nitrogens with zero attached hydrogens (tertiary/aromatic N) is 3. The van der Waals surface area contributed by atoms with Gasteiger partial charge in [-0.1, -0.05) is 19.1 Å². The number of aliphatic imine (C=N–C) groups is 1. The Labute approximate surface area is 171 Å². The maximum atomic E-state index is 5.21. The van der Waals surface area contributed by atoms with Crippen molar-refractivity contribution >= 4 is 5.96 Å². The van der Waals surface area contributed by atoms with Crippen molar-refractivity contribution in [1.29, 1.82) is 0 Å². The number of ether oxygens (including phenoxy) is 1. The summed E-state index contributed by atoms with van der Waals surface area (Å²) >= 11 is 0. The van der Waals surface area contributed by atoms with Crippen LogP contribution in [0.25, 0.3) is 0 Å². The van der Waals surface area contributed by atoms with Gasteiger partial charge in [0, 0.05) is 45.8 Å². The van der Waals surface area contributed by atoms with Gasteiger partial charge in [-0.05, 0) is 57.0 Å². The van der Waals surface area contributed by atoms with E-state index in [-0.39, 0.29) is 0 Å². The number of guanidine groups is 1. The number of piperazine rings is 1. The van der Waals surface area contributed by atoms with Crippen molar-refractivity contribution in [2.45, 2.75) is 33.1 Å². The summed E-state index contributed by atoms with van der Waals surface area (Å²) in [6, 6.07) is 8.25. The van der Waals surface area contributed by atoms with E-state index in [9.17, 15) is 0 Å². The largest absolute Gasteiger partial charge is 0.497 e. The number of methoxy groups -OCH3 is 1. The molecule has 158 valence electrons. The Balaban J connectivity index is 1.61. The van der Waals surface area contributed by atoms with Crippen LogP contribution in [0.1, 0.15) is 32.3 Å². The zero-order valence-corrected chi connectivity index (χ0v) is 18.0. The standard InChI is InChI=1S/C22H39N5O/c1-4-23-22(25-14-12-20-8-10-21(28-3)11-9-20)24-13-6-7-15-27-18-16-26(5-2)17-19-27/h8-11H,4-7,12-19H2,1-3H3,(H2,23,24,25). The molecule has 1 aromatic carbocycles. The van der Waals surface area contributed by atoms with Gasteiger partial charge in [0.2, 0.25) is 0 Å². The van der Waals surface area contributed by atoms with E-state index in [1.54, 1.807) is 7.11 Å². The van der Waals surface area contributed by atoms with Crippen molar-refractivity contribution in [2.24, 2.45) is 4.99 Å². The van der Waals surface area contributed by atoms with Gasteiger partial charge in [0.05, 0.1) is 7.11 Å².